The molecular formula is C14H22N2O3S. The second-order valence-corrected chi connectivity index (χ2v) is 6.26. The van der Waals surface area contributed by atoms with Gasteiger partial charge in [0, 0.05) is 26.7 Å². The maximum atomic E-state index is 12.5. The van der Waals surface area contributed by atoms with Crippen LogP contribution in [0.3, 0.4) is 0 Å². The van der Waals surface area contributed by atoms with Gasteiger partial charge in [-0.1, -0.05) is 18.2 Å². The zero-order valence-corrected chi connectivity index (χ0v) is 12.8. The van der Waals surface area contributed by atoms with E-state index in [9.17, 15) is 8.42 Å². The summed E-state index contributed by atoms with van der Waals surface area (Å²) in [4.78, 5) is 0.287. The van der Waals surface area contributed by atoms with E-state index >= 15 is 0 Å². The number of hydrogen-bond donors (Lipinski definition) is 1. The third-order valence-corrected chi connectivity index (χ3v) is 4.70. The Labute approximate surface area is 121 Å². The summed E-state index contributed by atoms with van der Waals surface area (Å²) in [5.74, 6) is 0. The molecule has 1 N–H and O–H groups in total. The Hall–Kier alpha value is -1.21. The van der Waals surface area contributed by atoms with Gasteiger partial charge in [0.25, 0.3) is 0 Å². The first-order valence-electron chi connectivity index (χ1n) is 6.39. The molecule has 112 valence electrons. The normalized spacial score (nSPS) is 11.8. The third kappa shape index (κ3) is 4.42. The standard InChI is InChI=1S/C14H22N2O3S/c1-4-9-16(10-11-19-3)20(17,18)14-7-5-13(6-8-14)12-15-2/h4-8,15H,1,9-12H2,2-3H3. The molecule has 0 bridgehead atoms. The van der Waals surface area contributed by atoms with Gasteiger partial charge in [-0.25, -0.2) is 8.42 Å². The van der Waals surface area contributed by atoms with Crippen LogP contribution in [0.25, 0.3) is 0 Å². The summed E-state index contributed by atoms with van der Waals surface area (Å²) in [5.41, 5.74) is 1.04. The Morgan fingerprint density at radius 2 is 2.00 bits per heavy atom. The van der Waals surface area contributed by atoms with E-state index in [2.05, 4.69) is 11.9 Å². The van der Waals surface area contributed by atoms with E-state index in [1.165, 1.54) is 4.31 Å². The lowest BCUT2D eigenvalue weighted by molar-refractivity contribution is 0.182. The zero-order chi connectivity index (χ0) is 15.0. The van der Waals surface area contributed by atoms with Crippen LogP contribution >= 0.6 is 0 Å². The van der Waals surface area contributed by atoms with Crippen LogP contribution in [-0.2, 0) is 21.3 Å². The highest BCUT2D eigenvalue weighted by Crippen LogP contribution is 2.16. The summed E-state index contributed by atoms with van der Waals surface area (Å²) in [6.07, 6.45) is 1.57. The molecule has 0 amide bonds. The van der Waals surface area contributed by atoms with E-state index in [4.69, 9.17) is 4.74 Å². The molecule has 20 heavy (non-hydrogen) atoms. The Kier molecular flexibility index (Phi) is 6.87. The lowest BCUT2D eigenvalue weighted by Crippen LogP contribution is -2.34. The van der Waals surface area contributed by atoms with E-state index in [0.29, 0.717) is 19.7 Å². The van der Waals surface area contributed by atoms with Crippen molar-refractivity contribution >= 4 is 10.0 Å². The summed E-state index contributed by atoms with van der Waals surface area (Å²) in [7, 11) is -0.110. The summed E-state index contributed by atoms with van der Waals surface area (Å²) >= 11 is 0. The van der Waals surface area contributed by atoms with Crippen LogP contribution in [-0.4, -0.2) is 46.6 Å². The van der Waals surface area contributed by atoms with Crippen LogP contribution in [0.2, 0.25) is 0 Å². The predicted molar refractivity (Wildman–Crippen MR) is 80.0 cm³/mol. The molecule has 1 aromatic rings. The molecule has 0 aliphatic rings. The van der Waals surface area contributed by atoms with Crippen molar-refractivity contribution in [3.63, 3.8) is 0 Å². The minimum Gasteiger partial charge on any atom is -0.383 e. The lowest BCUT2D eigenvalue weighted by Gasteiger charge is -2.20. The lowest BCUT2D eigenvalue weighted by atomic mass is 10.2. The number of ether oxygens (including phenoxy) is 1. The van der Waals surface area contributed by atoms with Gasteiger partial charge in [0.15, 0.2) is 0 Å². The molecule has 1 rings (SSSR count). The van der Waals surface area contributed by atoms with Crippen LogP contribution < -0.4 is 5.32 Å². The number of sulfonamides is 1. The van der Waals surface area contributed by atoms with E-state index < -0.39 is 10.0 Å². The van der Waals surface area contributed by atoms with Gasteiger partial charge in [0.1, 0.15) is 0 Å². The monoisotopic (exact) mass is 298 g/mol. The van der Waals surface area contributed by atoms with E-state index in [0.717, 1.165) is 5.56 Å². The maximum absolute atomic E-state index is 12.5. The molecule has 1 aromatic carbocycles. The van der Waals surface area contributed by atoms with Gasteiger partial charge < -0.3 is 10.1 Å². The fraction of sp³-hybridized carbons (Fsp3) is 0.429. The fourth-order valence-electron chi connectivity index (χ4n) is 1.78. The summed E-state index contributed by atoms with van der Waals surface area (Å²) in [6, 6.07) is 6.88. The first-order chi connectivity index (χ1) is 9.56. The second kappa shape index (κ2) is 8.16. The van der Waals surface area contributed by atoms with Gasteiger partial charge >= 0.3 is 0 Å². The van der Waals surface area contributed by atoms with E-state index in [-0.39, 0.29) is 11.4 Å². The average molecular weight is 298 g/mol. The Morgan fingerprint density at radius 3 is 2.50 bits per heavy atom. The number of methoxy groups -OCH3 is 1. The van der Waals surface area contributed by atoms with Crippen molar-refractivity contribution in [3.05, 3.63) is 42.5 Å². The Morgan fingerprint density at radius 1 is 1.35 bits per heavy atom. The Balaban J connectivity index is 2.96. The number of nitrogens with zero attached hydrogens (tertiary/aromatic N) is 1. The van der Waals surface area contributed by atoms with Gasteiger partial charge in [-0.15, -0.1) is 6.58 Å². The zero-order valence-electron chi connectivity index (χ0n) is 12.0. The molecule has 0 aliphatic carbocycles. The molecule has 0 heterocycles. The minimum absolute atomic E-state index is 0.268. The van der Waals surface area contributed by atoms with Crippen molar-refractivity contribution in [1.82, 2.24) is 9.62 Å². The van der Waals surface area contributed by atoms with Crippen molar-refractivity contribution < 1.29 is 13.2 Å². The minimum atomic E-state index is -3.51. The maximum Gasteiger partial charge on any atom is 0.243 e. The Bertz CT molecular complexity index is 512. The predicted octanol–water partition coefficient (Wildman–Crippen LogP) is 1.23. The molecular weight excluding hydrogens is 276 g/mol. The third-order valence-electron chi connectivity index (χ3n) is 2.82. The topological polar surface area (TPSA) is 58.6 Å². The highest BCUT2D eigenvalue weighted by atomic mass is 32.2. The quantitative estimate of drug-likeness (QED) is 0.697. The summed E-state index contributed by atoms with van der Waals surface area (Å²) in [6.45, 7) is 5.24. The number of hydrogen-bond acceptors (Lipinski definition) is 4. The second-order valence-electron chi connectivity index (χ2n) is 4.32. The van der Waals surface area contributed by atoms with Gasteiger partial charge in [0.05, 0.1) is 11.5 Å². The van der Waals surface area contributed by atoms with E-state index in [1.54, 1.807) is 25.3 Å². The number of rotatable bonds is 9. The van der Waals surface area contributed by atoms with E-state index in [1.807, 2.05) is 19.2 Å². The summed E-state index contributed by atoms with van der Waals surface area (Å²) < 4.78 is 31.3. The molecule has 0 aliphatic heterocycles. The van der Waals surface area contributed by atoms with Crippen LogP contribution in [0.4, 0.5) is 0 Å². The molecule has 0 spiro atoms. The molecule has 0 unspecified atom stereocenters. The molecule has 0 aromatic heterocycles. The first kappa shape index (κ1) is 16.8. The fourth-order valence-corrected chi connectivity index (χ4v) is 3.17. The molecule has 0 saturated heterocycles. The smallest absolute Gasteiger partial charge is 0.243 e. The van der Waals surface area contributed by atoms with Crippen LogP contribution in [0, 0.1) is 0 Å². The number of nitrogens with one attached hydrogen (secondary N) is 1. The van der Waals surface area contributed by atoms with Crippen molar-refractivity contribution in [2.24, 2.45) is 0 Å². The van der Waals surface area contributed by atoms with Crippen molar-refractivity contribution in [1.29, 1.82) is 0 Å². The largest absolute Gasteiger partial charge is 0.383 e. The van der Waals surface area contributed by atoms with Gasteiger partial charge in [-0.2, -0.15) is 4.31 Å². The number of benzene rings is 1. The summed E-state index contributed by atoms with van der Waals surface area (Å²) in [5, 5.41) is 3.02. The van der Waals surface area contributed by atoms with Crippen molar-refractivity contribution in [3.8, 4) is 0 Å². The molecule has 0 fully saturated rings. The van der Waals surface area contributed by atoms with Crippen molar-refractivity contribution in [2.75, 3.05) is 33.9 Å². The van der Waals surface area contributed by atoms with Crippen LogP contribution in [0.15, 0.2) is 41.8 Å². The average Bonchev–Trinajstić information content (AvgIpc) is 2.44. The van der Waals surface area contributed by atoms with Crippen LogP contribution in [0.5, 0.6) is 0 Å². The van der Waals surface area contributed by atoms with Crippen LogP contribution in [0.1, 0.15) is 5.56 Å². The molecule has 0 radical (unpaired) electrons. The highest BCUT2D eigenvalue weighted by molar-refractivity contribution is 7.89. The SMILES string of the molecule is C=CCN(CCOC)S(=O)(=O)c1ccc(CNC)cc1. The van der Waals surface area contributed by atoms with Gasteiger partial charge in [-0.05, 0) is 24.7 Å². The highest BCUT2D eigenvalue weighted by Gasteiger charge is 2.22. The first-order valence-corrected chi connectivity index (χ1v) is 7.83. The molecule has 0 saturated carbocycles. The van der Waals surface area contributed by atoms with Gasteiger partial charge in [0.2, 0.25) is 10.0 Å². The van der Waals surface area contributed by atoms with Gasteiger partial charge in [-0.3, -0.25) is 0 Å². The molecule has 5 nitrogen and oxygen atoms in total. The van der Waals surface area contributed by atoms with Crippen molar-refractivity contribution in [2.45, 2.75) is 11.4 Å². The molecule has 0 atom stereocenters. The molecule has 6 heteroatoms.